The van der Waals surface area contributed by atoms with Gasteiger partial charge in [-0.3, -0.25) is 0 Å². The van der Waals surface area contributed by atoms with E-state index in [2.05, 4.69) is 47.8 Å². The zero-order valence-electron chi connectivity index (χ0n) is 18.9. The second kappa shape index (κ2) is 8.63. The van der Waals surface area contributed by atoms with Crippen LogP contribution in [0.25, 0.3) is 11.3 Å². The van der Waals surface area contributed by atoms with Crippen molar-refractivity contribution in [3.8, 4) is 17.0 Å². The molecule has 0 saturated heterocycles. The van der Waals surface area contributed by atoms with Crippen molar-refractivity contribution < 1.29 is 9.84 Å². The molecule has 7 nitrogen and oxygen atoms in total. The number of ether oxygens (including phenoxy) is 1. The highest BCUT2D eigenvalue weighted by Gasteiger charge is 2.37. The maximum atomic E-state index is 9.74. The predicted molar refractivity (Wildman–Crippen MR) is 124 cm³/mol. The Morgan fingerprint density at radius 2 is 1.94 bits per heavy atom. The number of rotatable bonds is 6. The van der Waals surface area contributed by atoms with Crippen molar-refractivity contribution in [2.24, 2.45) is 5.73 Å². The van der Waals surface area contributed by atoms with E-state index in [4.69, 9.17) is 16.2 Å². The molecule has 0 amide bonds. The first-order valence-corrected chi connectivity index (χ1v) is 11.4. The molecule has 2 aliphatic rings. The highest BCUT2D eigenvalue weighted by atomic mass is 16.5. The summed E-state index contributed by atoms with van der Waals surface area (Å²) in [5.41, 5.74) is 17.4. The van der Waals surface area contributed by atoms with Gasteiger partial charge in [0.05, 0.1) is 24.1 Å². The lowest BCUT2D eigenvalue weighted by molar-refractivity contribution is 0.147. The molecular formula is C24H35N5O2. The van der Waals surface area contributed by atoms with E-state index in [0.29, 0.717) is 12.4 Å². The van der Waals surface area contributed by atoms with E-state index in [1.165, 1.54) is 5.56 Å². The Hall–Kier alpha value is -2.38. The lowest BCUT2D eigenvalue weighted by atomic mass is 9.71. The van der Waals surface area contributed by atoms with Crippen LogP contribution in [-0.4, -0.2) is 46.9 Å². The number of hydrogen-bond donors (Lipinski definition) is 3. The van der Waals surface area contributed by atoms with Crippen LogP contribution in [-0.2, 0) is 11.8 Å². The van der Waals surface area contributed by atoms with Crippen LogP contribution in [0, 0.1) is 0 Å². The van der Waals surface area contributed by atoms with Gasteiger partial charge in [0, 0.05) is 30.3 Å². The van der Waals surface area contributed by atoms with Gasteiger partial charge >= 0.3 is 0 Å². The Morgan fingerprint density at radius 3 is 2.61 bits per heavy atom. The lowest BCUT2D eigenvalue weighted by Crippen LogP contribution is -2.34. The molecule has 1 saturated carbocycles. The summed E-state index contributed by atoms with van der Waals surface area (Å²) in [5, 5.41) is 9.74. The minimum absolute atomic E-state index is 0.0876. The number of fused-ring (bicyclic) bond motifs is 3. The number of nitrogens with zero attached hydrogens (tertiary/aromatic N) is 3. The van der Waals surface area contributed by atoms with Gasteiger partial charge in [-0.2, -0.15) is 0 Å². The molecule has 1 heterocycles. The average Bonchev–Trinajstić information content (AvgIpc) is 2.73. The molecule has 0 unspecified atom stereocenters. The fourth-order valence-corrected chi connectivity index (χ4v) is 5.19. The molecule has 0 aliphatic heterocycles. The summed E-state index contributed by atoms with van der Waals surface area (Å²) in [6.45, 7) is 7.92. The van der Waals surface area contributed by atoms with Crippen molar-refractivity contribution in [1.82, 2.24) is 9.97 Å². The highest BCUT2D eigenvalue weighted by molar-refractivity contribution is 5.83. The Morgan fingerprint density at radius 1 is 1.19 bits per heavy atom. The number of aliphatic hydroxyl groups excluding tert-OH is 1. The second-order valence-electron chi connectivity index (χ2n) is 9.44. The molecule has 0 spiro atoms. The molecule has 0 radical (unpaired) electrons. The summed E-state index contributed by atoms with van der Waals surface area (Å²) in [4.78, 5) is 11.1. The van der Waals surface area contributed by atoms with E-state index < -0.39 is 0 Å². The molecule has 2 aliphatic carbocycles. The number of aliphatic hydroxyl groups is 1. The summed E-state index contributed by atoms with van der Waals surface area (Å²) in [7, 11) is 0. The molecule has 2 aromatic rings. The SMILES string of the molecule is CCN(CCO)c1c(OC2CCC(N)CC2)ccc2c1CC(C)(C)c1c(N)ncnc1-2. The third-order valence-corrected chi connectivity index (χ3v) is 6.75. The zero-order valence-corrected chi connectivity index (χ0v) is 18.9. The van der Waals surface area contributed by atoms with Gasteiger partial charge in [-0.25, -0.2) is 9.97 Å². The third-order valence-electron chi connectivity index (χ3n) is 6.75. The maximum absolute atomic E-state index is 9.74. The van der Waals surface area contributed by atoms with E-state index in [9.17, 15) is 5.11 Å². The van der Waals surface area contributed by atoms with Gasteiger partial charge in [-0.15, -0.1) is 0 Å². The molecule has 0 bridgehead atoms. The first-order valence-electron chi connectivity index (χ1n) is 11.4. The van der Waals surface area contributed by atoms with Crippen LogP contribution in [0.15, 0.2) is 18.5 Å². The maximum Gasteiger partial charge on any atom is 0.143 e. The smallest absolute Gasteiger partial charge is 0.143 e. The van der Waals surface area contributed by atoms with Crippen LogP contribution in [0.3, 0.4) is 0 Å². The molecule has 7 heteroatoms. The van der Waals surface area contributed by atoms with Gasteiger partial charge in [-0.1, -0.05) is 13.8 Å². The second-order valence-corrected chi connectivity index (χ2v) is 9.44. The third kappa shape index (κ3) is 4.08. The number of nitrogens with two attached hydrogens (primary N) is 2. The Bertz CT molecular complexity index is 938. The Kier molecular flexibility index (Phi) is 6.08. The number of likely N-dealkylation sites (N-methyl/N-ethyl adjacent to an activating group) is 1. The summed E-state index contributed by atoms with van der Waals surface area (Å²) in [6, 6.07) is 4.45. The number of benzene rings is 1. The normalized spacial score (nSPS) is 21.8. The Balaban J connectivity index is 1.84. The Labute approximate surface area is 184 Å². The van der Waals surface area contributed by atoms with E-state index in [0.717, 1.165) is 66.9 Å². The van der Waals surface area contributed by atoms with Gasteiger partial charge in [0.15, 0.2) is 0 Å². The standard InChI is InChI=1S/C24H35N5O2/c1-4-29(11-12-30)22-18-13-24(2,3)20-21(27-14-28-23(20)26)17(18)9-10-19(22)31-16-7-5-15(25)6-8-16/h9-10,14-16,30H,4-8,11-13,25H2,1-3H3,(H2,26,27,28). The van der Waals surface area contributed by atoms with E-state index in [1.807, 2.05) is 0 Å². The molecule has 5 N–H and O–H groups in total. The quantitative estimate of drug-likeness (QED) is 0.652. The van der Waals surface area contributed by atoms with Crippen molar-refractivity contribution in [3.63, 3.8) is 0 Å². The predicted octanol–water partition coefficient (Wildman–Crippen LogP) is 3.03. The summed E-state index contributed by atoms with van der Waals surface area (Å²) >= 11 is 0. The fraction of sp³-hybridized carbons (Fsp3) is 0.583. The molecular weight excluding hydrogens is 390 g/mol. The monoisotopic (exact) mass is 425 g/mol. The van der Waals surface area contributed by atoms with Crippen LogP contribution < -0.4 is 21.1 Å². The number of aromatic nitrogens is 2. The van der Waals surface area contributed by atoms with Crippen molar-refractivity contribution >= 4 is 11.5 Å². The summed E-state index contributed by atoms with van der Waals surface area (Å²) < 4.78 is 6.57. The van der Waals surface area contributed by atoms with Gasteiger partial charge in [0.1, 0.15) is 17.9 Å². The molecule has 31 heavy (non-hydrogen) atoms. The minimum Gasteiger partial charge on any atom is -0.488 e. The van der Waals surface area contributed by atoms with E-state index in [1.54, 1.807) is 6.33 Å². The molecule has 0 atom stereocenters. The fourth-order valence-electron chi connectivity index (χ4n) is 5.19. The van der Waals surface area contributed by atoms with E-state index in [-0.39, 0.29) is 24.2 Å². The highest BCUT2D eigenvalue weighted by Crippen LogP contribution is 2.49. The summed E-state index contributed by atoms with van der Waals surface area (Å²) in [6.07, 6.45) is 6.46. The van der Waals surface area contributed by atoms with Gasteiger partial charge in [0.2, 0.25) is 0 Å². The van der Waals surface area contributed by atoms with Crippen molar-refractivity contribution in [2.75, 3.05) is 30.3 Å². The van der Waals surface area contributed by atoms with Gasteiger partial charge in [0.25, 0.3) is 0 Å². The van der Waals surface area contributed by atoms with Crippen LogP contribution in [0.5, 0.6) is 5.75 Å². The molecule has 4 rings (SSSR count). The van der Waals surface area contributed by atoms with Gasteiger partial charge < -0.3 is 26.2 Å². The van der Waals surface area contributed by atoms with Crippen molar-refractivity contribution in [3.05, 3.63) is 29.6 Å². The van der Waals surface area contributed by atoms with Crippen LogP contribution in [0.2, 0.25) is 0 Å². The minimum atomic E-state index is -0.211. The van der Waals surface area contributed by atoms with Crippen LogP contribution >= 0.6 is 0 Å². The number of anilines is 2. The first kappa shape index (κ1) is 21.8. The molecule has 168 valence electrons. The number of nitrogen functional groups attached to an aromatic ring is 1. The zero-order chi connectivity index (χ0) is 22.2. The topological polar surface area (TPSA) is 111 Å². The number of hydrogen-bond acceptors (Lipinski definition) is 7. The molecule has 1 aromatic heterocycles. The lowest BCUT2D eigenvalue weighted by Gasteiger charge is -2.38. The first-order chi connectivity index (χ1) is 14.9. The van der Waals surface area contributed by atoms with Crippen molar-refractivity contribution in [2.45, 2.75) is 70.4 Å². The largest absolute Gasteiger partial charge is 0.488 e. The van der Waals surface area contributed by atoms with Crippen LogP contribution in [0.1, 0.15) is 57.6 Å². The van der Waals surface area contributed by atoms with Crippen LogP contribution in [0.4, 0.5) is 11.5 Å². The van der Waals surface area contributed by atoms with E-state index >= 15 is 0 Å². The molecule has 1 aromatic carbocycles. The summed E-state index contributed by atoms with van der Waals surface area (Å²) in [5.74, 6) is 1.43. The average molecular weight is 426 g/mol. The van der Waals surface area contributed by atoms with Crippen molar-refractivity contribution in [1.29, 1.82) is 0 Å². The van der Waals surface area contributed by atoms with Gasteiger partial charge in [-0.05, 0) is 62.1 Å². The molecule has 1 fully saturated rings.